The normalized spacial score (nSPS) is 13.1. The van der Waals surface area contributed by atoms with Gasteiger partial charge in [0.25, 0.3) is 0 Å². The molecular formula is C21H18FNO2. The molecule has 0 aliphatic heterocycles. The van der Waals surface area contributed by atoms with Crippen molar-refractivity contribution in [2.75, 3.05) is 5.32 Å². The third-order valence-corrected chi connectivity index (χ3v) is 4.08. The molecule has 0 aliphatic carbocycles. The van der Waals surface area contributed by atoms with E-state index in [2.05, 4.69) is 5.32 Å². The largest absolute Gasteiger partial charge is 0.376 e. The van der Waals surface area contributed by atoms with Crippen LogP contribution in [0.4, 0.5) is 10.1 Å². The van der Waals surface area contributed by atoms with Gasteiger partial charge in [-0.25, -0.2) is 4.39 Å². The van der Waals surface area contributed by atoms with E-state index < -0.39 is 5.60 Å². The first-order valence-corrected chi connectivity index (χ1v) is 7.92. The molecule has 3 rings (SSSR count). The van der Waals surface area contributed by atoms with Crippen molar-refractivity contribution in [3.05, 3.63) is 101 Å². The zero-order valence-corrected chi connectivity index (χ0v) is 13.7. The smallest absolute Gasteiger partial charge is 0.221 e. The van der Waals surface area contributed by atoms with Gasteiger partial charge in [-0.3, -0.25) is 4.79 Å². The molecule has 0 spiro atoms. The number of halogens is 1. The molecule has 2 N–H and O–H groups in total. The minimum Gasteiger partial charge on any atom is -0.376 e. The molecule has 25 heavy (non-hydrogen) atoms. The molecule has 0 heterocycles. The van der Waals surface area contributed by atoms with E-state index in [0.717, 1.165) is 0 Å². The summed E-state index contributed by atoms with van der Waals surface area (Å²) in [6.07, 6.45) is 0. The Balaban J connectivity index is 2.11. The van der Waals surface area contributed by atoms with Gasteiger partial charge in [0.2, 0.25) is 5.91 Å². The van der Waals surface area contributed by atoms with E-state index in [-0.39, 0.29) is 11.7 Å². The first kappa shape index (κ1) is 16.9. The van der Waals surface area contributed by atoms with Gasteiger partial charge in [0.05, 0.1) is 0 Å². The van der Waals surface area contributed by atoms with E-state index in [4.69, 9.17) is 0 Å². The average Bonchev–Trinajstić information content (AvgIpc) is 2.62. The van der Waals surface area contributed by atoms with E-state index in [1.165, 1.54) is 19.1 Å². The maximum Gasteiger partial charge on any atom is 0.221 e. The third kappa shape index (κ3) is 3.44. The van der Waals surface area contributed by atoms with Crippen LogP contribution in [0, 0.1) is 5.82 Å². The van der Waals surface area contributed by atoms with Crippen LogP contribution in [-0.4, -0.2) is 11.0 Å². The van der Waals surface area contributed by atoms with Gasteiger partial charge in [-0.2, -0.15) is 0 Å². The molecule has 3 aromatic carbocycles. The zero-order chi connectivity index (χ0) is 17.9. The fraction of sp³-hybridized carbons (Fsp3) is 0.0952. The number of anilines is 1. The Morgan fingerprint density at radius 3 is 1.84 bits per heavy atom. The molecule has 1 atom stereocenters. The van der Waals surface area contributed by atoms with E-state index in [1.54, 1.807) is 36.4 Å². The topological polar surface area (TPSA) is 49.3 Å². The second-order valence-electron chi connectivity index (χ2n) is 5.84. The fourth-order valence-electron chi connectivity index (χ4n) is 2.87. The van der Waals surface area contributed by atoms with E-state index in [1.807, 2.05) is 30.3 Å². The molecule has 0 saturated carbocycles. The molecule has 0 aromatic heterocycles. The summed E-state index contributed by atoms with van der Waals surface area (Å²) in [6.45, 7) is 1.44. The summed E-state index contributed by atoms with van der Waals surface area (Å²) in [5, 5.41) is 14.3. The van der Waals surface area contributed by atoms with Gasteiger partial charge < -0.3 is 10.4 Å². The highest BCUT2D eigenvalue weighted by Crippen LogP contribution is 2.37. The standard InChI is InChI=1S/C21H18FNO2/c1-15(24)23-20-13-9-18(10-14-20)21(25,16-5-3-2-4-6-16)17-7-11-19(22)12-8-17/h2-14,25H,1H3,(H,23,24). The number of carbonyl (C=O) groups excluding carboxylic acids is 1. The summed E-state index contributed by atoms with van der Waals surface area (Å²) in [5.41, 5.74) is 1.08. The molecule has 4 heteroatoms. The Hall–Kier alpha value is -2.98. The van der Waals surface area contributed by atoms with Crippen LogP contribution in [0.1, 0.15) is 23.6 Å². The maximum atomic E-state index is 13.3. The highest BCUT2D eigenvalue weighted by atomic mass is 19.1. The number of hydrogen-bond acceptors (Lipinski definition) is 2. The Morgan fingerprint density at radius 1 is 0.840 bits per heavy atom. The predicted octanol–water partition coefficient (Wildman–Crippen LogP) is 4.07. The molecule has 0 bridgehead atoms. The first-order chi connectivity index (χ1) is 12.0. The van der Waals surface area contributed by atoms with Crippen molar-refractivity contribution in [2.45, 2.75) is 12.5 Å². The molecule has 3 nitrogen and oxygen atoms in total. The second kappa shape index (κ2) is 6.87. The third-order valence-electron chi connectivity index (χ3n) is 4.08. The lowest BCUT2D eigenvalue weighted by Gasteiger charge is -2.30. The zero-order valence-electron chi connectivity index (χ0n) is 13.7. The molecular weight excluding hydrogens is 317 g/mol. The molecule has 0 radical (unpaired) electrons. The lowest BCUT2D eigenvalue weighted by molar-refractivity contribution is -0.114. The van der Waals surface area contributed by atoms with Gasteiger partial charge in [0.15, 0.2) is 0 Å². The van der Waals surface area contributed by atoms with Crippen molar-refractivity contribution < 1.29 is 14.3 Å². The molecule has 0 aliphatic rings. The minimum absolute atomic E-state index is 0.162. The number of aliphatic hydroxyl groups is 1. The number of benzene rings is 3. The van der Waals surface area contributed by atoms with Crippen LogP contribution in [0.3, 0.4) is 0 Å². The average molecular weight is 335 g/mol. The van der Waals surface area contributed by atoms with Crippen LogP contribution in [0.5, 0.6) is 0 Å². The Kier molecular flexibility index (Phi) is 4.63. The van der Waals surface area contributed by atoms with Gasteiger partial charge in [0, 0.05) is 12.6 Å². The summed E-state index contributed by atoms with van der Waals surface area (Å²) >= 11 is 0. The van der Waals surface area contributed by atoms with Gasteiger partial charge >= 0.3 is 0 Å². The van der Waals surface area contributed by atoms with Crippen molar-refractivity contribution in [3.63, 3.8) is 0 Å². The van der Waals surface area contributed by atoms with Crippen LogP contribution >= 0.6 is 0 Å². The first-order valence-electron chi connectivity index (χ1n) is 7.92. The van der Waals surface area contributed by atoms with Gasteiger partial charge in [-0.1, -0.05) is 54.6 Å². The van der Waals surface area contributed by atoms with Crippen LogP contribution in [-0.2, 0) is 10.4 Å². The van der Waals surface area contributed by atoms with Crippen molar-refractivity contribution in [1.82, 2.24) is 0 Å². The van der Waals surface area contributed by atoms with Crippen LogP contribution in [0.2, 0.25) is 0 Å². The van der Waals surface area contributed by atoms with Crippen molar-refractivity contribution >= 4 is 11.6 Å². The Labute approximate surface area is 145 Å². The van der Waals surface area contributed by atoms with Crippen LogP contribution < -0.4 is 5.32 Å². The fourth-order valence-corrected chi connectivity index (χ4v) is 2.87. The lowest BCUT2D eigenvalue weighted by Crippen LogP contribution is -2.28. The summed E-state index contributed by atoms with van der Waals surface area (Å²) in [5.74, 6) is -0.523. The molecule has 126 valence electrons. The number of carbonyl (C=O) groups is 1. The molecule has 1 amide bonds. The summed E-state index contributed by atoms with van der Waals surface area (Å²) in [7, 11) is 0. The number of hydrogen-bond donors (Lipinski definition) is 2. The molecule has 0 fully saturated rings. The molecule has 1 unspecified atom stereocenters. The van der Waals surface area contributed by atoms with Crippen LogP contribution in [0.25, 0.3) is 0 Å². The van der Waals surface area contributed by atoms with Gasteiger partial charge in [-0.05, 0) is 41.0 Å². The summed E-state index contributed by atoms with van der Waals surface area (Å²) < 4.78 is 13.3. The highest BCUT2D eigenvalue weighted by Gasteiger charge is 2.33. The quantitative estimate of drug-likeness (QED) is 0.706. The Morgan fingerprint density at radius 2 is 1.32 bits per heavy atom. The lowest BCUT2D eigenvalue weighted by atomic mass is 9.80. The molecule has 3 aromatic rings. The van der Waals surface area contributed by atoms with Crippen molar-refractivity contribution in [1.29, 1.82) is 0 Å². The summed E-state index contributed by atoms with van der Waals surface area (Å²) in [6, 6.07) is 22.0. The minimum atomic E-state index is -1.43. The number of nitrogens with one attached hydrogen (secondary N) is 1. The van der Waals surface area contributed by atoms with E-state index in [0.29, 0.717) is 22.4 Å². The van der Waals surface area contributed by atoms with Crippen molar-refractivity contribution in [3.8, 4) is 0 Å². The monoisotopic (exact) mass is 335 g/mol. The highest BCUT2D eigenvalue weighted by molar-refractivity contribution is 5.88. The number of rotatable bonds is 4. The molecule has 0 saturated heterocycles. The SMILES string of the molecule is CC(=O)Nc1ccc(C(O)(c2ccccc2)c2ccc(F)cc2)cc1. The number of amides is 1. The van der Waals surface area contributed by atoms with Crippen LogP contribution in [0.15, 0.2) is 78.9 Å². The van der Waals surface area contributed by atoms with E-state index >= 15 is 0 Å². The van der Waals surface area contributed by atoms with E-state index in [9.17, 15) is 14.3 Å². The summed E-state index contributed by atoms with van der Waals surface area (Å²) in [4.78, 5) is 11.2. The maximum absolute atomic E-state index is 13.3. The van der Waals surface area contributed by atoms with Crippen molar-refractivity contribution in [2.24, 2.45) is 0 Å². The predicted molar refractivity (Wildman–Crippen MR) is 95.7 cm³/mol. The second-order valence-corrected chi connectivity index (χ2v) is 5.84. The van der Waals surface area contributed by atoms with Gasteiger partial charge in [0.1, 0.15) is 11.4 Å². The Bertz CT molecular complexity index is 861. The van der Waals surface area contributed by atoms with Gasteiger partial charge in [-0.15, -0.1) is 0 Å².